The number of fused-ring (bicyclic) bond motifs is 4. The Morgan fingerprint density at radius 3 is 0.961 bits per heavy atom. The fourth-order valence-electron chi connectivity index (χ4n) is 16.7. The first kappa shape index (κ1) is 93.1. The number of piperazine rings is 2. The first-order valence-corrected chi connectivity index (χ1v) is 47.6. The van der Waals surface area contributed by atoms with Gasteiger partial charge in [-0.2, -0.15) is 0 Å². The van der Waals surface area contributed by atoms with Gasteiger partial charge in [0.25, 0.3) is 65.8 Å². The van der Waals surface area contributed by atoms with Gasteiger partial charge in [0.05, 0.1) is 103 Å². The van der Waals surface area contributed by atoms with E-state index in [1.54, 1.807) is 94.8 Å². The van der Waals surface area contributed by atoms with Crippen LogP contribution in [0.4, 0.5) is 66.7 Å². The zero-order valence-corrected chi connectivity index (χ0v) is 75.1. The third kappa shape index (κ3) is 19.1. The second-order valence-corrected chi connectivity index (χ2v) is 39.5. The molecule has 4 aromatic heterocycles. The lowest BCUT2D eigenvalue weighted by Crippen LogP contribution is -2.47. The average Bonchev–Trinajstić information content (AvgIpc) is 1.62. The van der Waals surface area contributed by atoms with E-state index in [1.165, 1.54) is 81.7 Å². The molecule has 8 heterocycles. The highest BCUT2D eigenvalue weighted by Crippen LogP contribution is 2.45. The lowest BCUT2D eigenvalue weighted by molar-refractivity contribution is 0.152. The molecule has 0 bridgehead atoms. The monoisotopic (exact) mass is 1880 g/mol. The van der Waals surface area contributed by atoms with E-state index in [0.717, 1.165) is 165 Å². The van der Waals surface area contributed by atoms with Crippen LogP contribution >= 0.6 is 23.2 Å². The Labute approximate surface area is 740 Å². The molecule has 1 aliphatic carbocycles. The molecule has 127 heavy (non-hydrogen) atoms. The standard InChI is InChI=1S/C24H27F2N3O3S.C23H27F2N3O3S.C21H20Cl2F2N2O3S.C21H20F4N2O3S/c1-16-3-7-19-20(24(25)26)15-29(21(19)13-16)33(30,31)18-6-8-23(32-2)22(14-18)28-11-9-27(10-12-28)17-4-5-17;1-4-26-9-11-27(12-10-26)21-14-17(6-8-22(21)31-3)32(29,30)28-15-19(23(24)25)18-7-5-16(2)13-20(18)28;2*1-30-20-6-5-13(9-19(20)26-7-3-2-4-8-26)31(28,29)27-12-15(21(24)25)14-10-16(22)17(23)11-18(14)27/h3,6-8,13-15,17,24H,4-5,9-12H2,1-2H3;5-8,13-15,23H,4,9-12H2,1-3H3;2*5-6,9-12,21H,2-4,7-8H2,1H3. The molecule has 680 valence electrons. The summed E-state index contributed by atoms with van der Waals surface area (Å²) in [5.74, 6) is -0.445. The number of halogens is 12. The minimum absolute atomic E-state index is 0.0299. The quantitative estimate of drug-likeness (QED) is 0.0577. The number of methoxy groups -OCH3 is 4. The van der Waals surface area contributed by atoms with Crippen molar-refractivity contribution in [2.24, 2.45) is 0 Å². The number of anilines is 4. The molecule has 12 aromatic rings. The molecule has 22 nitrogen and oxygen atoms in total. The number of rotatable bonds is 22. The molecule has 0 atom stereocenters. The third-order valence-electron chi connectivity index (χ3n) is 23.6. The third-order valence-corrected chi connectivity index (χ3v) is 31.0. The predicted molar refractivity (Wildman–Crippen MR) is 473 cm³/mol. The van der Waals surface area contributed by atoms with Crippen LogP contribution in [0.25, 0.3) is 43.6 Å². The number of alkyl halides is 8. The maximum absolute atomic E-state index is 13.8. The number of likely N-dealkylation sites (N-methyl/N-ethyl adjacent to an activating group) is 1. The van der Waals surface area contributed by atoms with E-state index in [2.05, 4.69) is 31.4 Å². The molecule has 5 aliphatic rings. The number of aryl methyl sites for hydroxylation is 2. The van der Waals surface area contributed by atoms with E-state index < -0.39 is 88.6 Å². The zero-order valence-electron chi connectivity index (χ0n) is 70.3. The van der Waals surface area contributed by atoms with Crippen molar-refractivity contribution in [1.29, 1.82) is 0 Å². The average molecular weight is 1880 g/mol. The van der Waals surface area contributed by atoms with Crippen LogP contribution in [0.2, 0.25) is 10.0 Å². The predicted octanol–water partition coefficient (Wildman–Crippen LogP) is 19.9. The Morgan fingerprint density at radius 1 is 0.346 bits per heavy atom. The lowest BCUT2D eigenvalue weighted by atomic mass is 10.1. The second-order valence-electron chi connectivity index (χ2n) is 31.5. The van der Waals surface area contributed by atoms with Crippen LogP contribution in [0.15, 0.2) is 178 Å². The number of piperidine rings is 2. The van der Waals surface area contributed by atoms with Crippen LogP contribution < -0.4 is 38.5 Å². The molecule has 17 rings (SSSR count). The van der Waals surface area contributed by atoms with Crippen molar-refractivity contribution in [2.45, 2.75) is 123 Å². The van der Waals surface area contributed by atoms with Gasteiger partial charge in [0.2, 0.25) is 0 Å². The highest BCUT2D eigenvalue weighted by Gasteiger charge is 2.36. The molecule has 0 amide bonds. The van der Waals surface area contributed by atoms with Gasteiger partial charge in [-0.3, -0.25) is 4.90 Å². The van der Waals surface area contributed by atoms with Gasteiger partial charge in [0, 0.05) is 159 Å². The molecular formula is C89H94Cl2F10N10O12S4. The summed E-state index contributed by atoms with van der Waals surface area (Å²) >= 11 is 12.1. The molecule has 1 saturated carbocycles. The van der Waals surface area contributed by atoms with Gasteiger partial charge < -0.3 is 43.4 Å². The Morgan fingerprint density at radius 2 is 0.638 bits per heavy atom. The van der Waals surface area contributed by atoms with Gasteiger partial charge in [-0.05, 0) is 186 Å². The van der Waals surface area contributed by atoms with Crippen LogP contribution in [-0.4, -0.2) is 179 Å². The fraction of sp³-hybridized carbons (Fsp3) is 0.371. The van der Waals surface area contributed by atoms with Crippen LogP contribution in [0, 0.1) is 25.5 Å². The first-order chi connectivity index (χ1) is 60.5. The molecule has 4 saturated heterocycles. The zero-order chi connectivity index (χ0) is 91.0. The summed E-state index contributed by atoms with van der Waals surface area (Å²) in [5, 5.41) is 0.305. The topological polar surface area (TPSA) is 213 Å². The fourth-order valence-corrected chi connectivity index (χ4v) is 22.6. The van der Waals surface area contributed by atoms with Crippen molar-refractivity contribution in [1.82, 2.24) is 25.7 Å². The van der Waals surface area contributed by atoms with Crippen LogP contribution in [0.3, 0.4) is 0 Å². The van der Waals surface area contributed by atoms with E-state index in [4.69, 9.17) is 42.1 Å². The number of aromatic nitrogens is 4. The maximum atomic E-state index is 13.8. The number of benzene rings is 8. The van der Waals surface area contributed by atoms with E-state index in [9.17, 15) is 77.6 Å². The van der Waals surface area contributed by atoms with Crippen LogP contribution in [-0.2, 0) is 40.1 Å². The van der Waals surface area contributed by atoms with Crippen LogP contribution in [0.5, 0.6) is 23.0 Å². The van der Waals surface area contributed by atoms with E-state index >= 15 is 0 Å². The highest BCUT2D eigenvalue weighted by molar-refractivity contribution is 7.91. The summed E-state index contributed by atoms with van der Waals surface area (Å²) in [6.45, 7) is 16.3. The molecule has 8 aromatic carbocycles. The highest BCUT2D eigenvalue weighted by atomic mass is 35.5. The van der Waals surface area contributed by atoms with Crippen molar-refractivity contribution in [3.05, 3.63) is 213 Å². The summed E-state index contributed by atoms with van der Waals surface area (Å²) in [5.41, 5.74) is 2.68. The summed E-state index contributed by atoms with van der Waals surface area (Å²) in [6.07, 6.45) is 0.820. The molecule has 38 heteroatoms. The van der Waals surface area contributed by atoms with Gasteiger partial charge in [-0.15, -0.1) is 0 Å². The summed E-state index contributed by atoms with van der Waals surface area (Å²) in [4.78, 5) is 13.0. The van der Waals surface area contributed by atoms with E-state index in [0.29, 0.717) is 74.1 Å². The van der Waals surface area contributed by atoms with Gasteiger partial charge in [-0.25, -0.2) is 93.5 Å². The normalized spacial score (nSPS) is 15.9. The molecule has 5 fully saturated rings. The minimum Gasteiger partial charge on any atom is -0.495 e. The maximum Gasteiger partial charge on any atom is 0.268 e. The molecule has 0 radical (unpaired) electrons. The van der Waals surface area contributed by atoms with Crippen molar-refractivity contribution in [2.75, 3.05) is 133 Å². The van der Waals surface area contributed by atoms with E-state index in [-0.39, 0.29) is 84.4 Å². The number of nitrogens with zero attached hydrogens (tertiary/aromatic N) is 10. The van der Waals surface area contributed by atoms with Crippen LogP contribution in [0.1, 0.15) is 117 Å². The Kier molecular flexibility index (Phi) is 28.1. The molecule has 0 spiro atoms. The molecular weight excluding hydrogens is 1790 g/mol. The summed E-state index contributed by atoms with van der Waals surface area (Å²) in [7, 11) is -10.7. The molecule has 0 N–H and O–H groups in total. The summed E-state index contributed by atoms with van der Waals surface area (Å²) < 4.78 is 270. The van der Waals surface area contributed by atoms with Crippen molar-refractivity contribution < 1.29 is 96.5 Å². The van der Waals surface area contributed by atoms with Gasteiger partial charge in [0.15, 0.2) is 11.6 Å². The lowest BCUT2D eigenvalue weighted by Gasteiger charge is -2.36. The molecule has 0 unspecified atom stereocenters. The van der Waals surface area contributed by atoms with Crippen molar-refractivity contribution >= 4 is 130 Å². The largest absolute Gasteiger partial charge is 0.495 e. The SMILES string of the molecule is CCN1CCN(c2cc(S(=O)(=O)n3cc(C(F)F)c4ccc(C)cc43)ccc2OC)CC1.COc1ccc(S(=O)(=O)n2cc(C(F)F)c3cc(Cl)c(Cl)cc32)cc1N1CCCCC1.COc1ccc(S(=O)(=O)n2cc(C(F)F)c3cc(F)c(F)cc32)cc1N1CCCCC1.COc1ccc(S(=O)(=O)n2cc(C(F)F)c3ccc(C)cc32)cc1N1CCN(C2CC2)CC1. The smallest absolute Gasteiger partial charge is 0.268 e. The Balaban J connectivity index is 0.000000137. The first-order valence-electron chi connectivity index (χ1n) is 41.1. The Bertz CT molecular complexity index is 6380. The Hall–Kier alpha value is -10.1. The summed E-state index contributed by atoms with van der Waals surface area (Å²) in [6, 6.07) is 32.3. The minimum atomic E-state index is -4.38. The van der Waals surface area contributed by atoms with Gasteiger partial charge in [0.1, 0.15) is 23.0 Å². The number of hydrogen-bond acceptors (Lipinski definition) is 18. The molecule has 4 aliphatic heterocycles. The number of ether oxygens (including phenoxy) is 4. The second kappa shape index (κ2) is 38.3. The number of hydrogen-bond donors (Lipinski definition) is 0. The van der Waals surface area contributed by atoms with Crippen molar-refractivity contribution in [3.63, 3.8) is 0 Å². The van der Waals surface area contributed by atoms with Crippen molar-refractivity contribution in [3.8, 4) is 23.0 Å². The van der Waals surface area contributed by atoms with Gasteiger partial charge >= 0.3 is 0 Å². The van der Waals surface area contributed by atoms with E-state index in [1.807, 2.05) is 4.90 Å². The van der Waals surface area contributed by atoms with Gasteiger partial charge in [-0.1, -0.05) is 54.4 Å².